The van der Waals surface area contributed by atoms with Crippen molar-refractivity contribution in [1.82, 2.24) is 5.32 Å². The average Bonchev–Trinajstić information content (AvgIpc) is 2.28. The third-order valence-corrected chi connectivity index (χ3v) is 2.38. The molecular formula is C12H16ClNO3. The molecule has 1 rings (SSSR count). The van der Waals surface area contributed by atoms with Gasteiger partial charge in [0.05, 0.1) is 6.61 Å². The summed E-state index contributed by atoms with van der Waals surface area (Å²) in [6, 6.07) is 6.56. The minimum Gasteiger partial charge on any atom is -0.481 e. The van der Waals surface area contributed by atoms with Gasteiger partial charge in [0.25, 0.3) is 5.91 Å². The molecule has 1 unspecified atom stereocenters. The second-order valence-electron chi connectivity index (χ2n) is 3.81. The fraction of sp³-hybridized carbons (Fsp3) is 0.417. The summed E-state index contributed by atoms with van der Waals surface area (Å²) in [7, 11) is 0. The first-order valence-corrected chi connectivity index (χ1v) is 5.74. The normalized spacial score (nSPS) is 13.9. The molecule has 0 radical (unpaired) electrons. The van der Waals surface area contributed by atoms with Crippen LogP contribution in [0.25, 0.3) is 0 Å². The highest BCUT2D eigenvalue weighted by Crippen LogP contribution is 2.18. The third kappa shape index (κ3) is 4.63. The number of amides is 1. The Bertz CT molecular complexity index is 384. The van der Waals surface area contributed by atoms with E-state index in [2.05, 4.69) is 5.32 Å². The molecule has 17 heavy (non-hydrogen) atoms. The van der Waals surface area contributed by atoms with Crippen molar-refractivity contribution in [2.45, 2.75) is 26.0 Å². The molecule has 1 aromatic rings. The highest BCUT2D eigenvalue weighted by molar-refractivity contribution is 6.30. The summed E-state index contributed by atoms with van der Waals surface area (Å²) < 4.78 is 5.42. The van der Waals surface area contributed by atoms with E-state index in [4.69, 9.17) is 21.4 Å². The van der Waals surface area contributed by atoms with Crippen molar-refractivity contribution < 1.29 is 14.6 Å². The van der Waals surface area contributed by atoms with Crippen molar-refractivity contribution in [3.05, 3.63) is 29.3 Å². The van der Waals surface area contributed by atoms with Gasteiger partial charge in [-0.15, -0.1) is 0 Å². The molecule has 1 amide bonds. The van der Waals surface area contributed by atoms with Gasteiger partial charge in [-0.1, -0.05) is 17.7 Å². The maximum atomic E-state index is 11.6. The van der Waals surface area contributed by atoms with Crippen LogP contribution in [0.1, 0.15) is 13.8 Å². The number of hydrogen-bond acceptors (Lipinski definition) is 3. The molecule has 0 fully saturated rings. The van der Waals surface area contributed by atoms with Crippen LogP contribution in [0.3, 0.4) is 0 Å². The standard InChI is InChI=1S/C12H16ClNO3/c1-8(7-15)14-12(16)9(2)17-11-5-3-4-10(13)6-11/h3-6,8-9,15H,7H2,1-2H3,(H,14,16)/t8-,9?/m1/s1. The van der Waals surface area contributed by atoms with Crippen LogP contribution in [0, 0.1) is 0 Å². The number of nitrogens with one attached hydrogen (secondary N) is 1. The summed E-state index contributed by atoms with van der Waals surface area (Å²) in [6.07, 6.45) is -0.637. The lowest BCUT2D eigenvalue weighted by Crippen LogP contribution is -2.42. The number of aliphatic hydroxyl groups is 1. The second kappa shape index (κ2) is 6.47. The smallest absolute Gasteiger partial charge is 0.261 e. The largest absolute Gasteiger partial charge is 0.481 e. The van der Waals surface area contributed by atoms with Crippen molar-refractivity contribution in [2.24, 2.45) is 0 Å². The maximum Gasteiger partial charge on any atom is 0.261 e. The quantitative estimate of drug-likeness (QED) is 0.843. The Morgan fingerprint density at radius 1 is 1.53 bits per heavy atom. The Morgan fingerprint density at radius 3 is 2.82 bits per heavy atom. The Morgan fingerprint density at radius 2 is 2.24 bits per heavy atom. The molecule has 0 spiro atoms. The number of carbonyl (C=O) groups is 1. The molecule has 0 aliphatic rings. The van der Waals surface area contributed by atoms with E-state index in [1.54, 1.807) is 38.1 Å². The van der Waals surface area contributed by atoms with Crippen molar-refractivity contribution in [3.8, 4) is 5.75 Å². The lowest BCUT2D eigenvalue weighted by Gasteiger charge is -2.17. The molecule has 0 saturated carbocycles. The molecule has 5 heteroatoms. The number of aliphatic hydroxyl groups excluding tert-OH is 1. The van der Waals surface area contributed by atoms with E-state index in [0.717, 1.165) is 0 Å². The van der Waals surface area contributed by atoms with E-state index in [0.29, 0.717) is 10.8 Å². The minimum atomic E-state index is -0.637. The van der Waals surface area contributed by atoms with E-state index in [1.165, 1.54) is 0 Å². The Balaban J connectivity index is 2.54. The zero-order chi connectivity index (χ0) is 12.8. The van der Waals surface area contributed by atoms with Gasteiger partial charge < -0.3 is 15.2 Å². The van der Waals surface area contributed by atoms with Gasteiger partial charge in [-0.3, -0.25) is 4.79 Å². The maximum absolute atomic E-state index is 11.6. The van der Waals surface area contributed by atoms with Gasteiger partial charge in [-0.25, -0.2) is 0 Å². The Hall–Kier alpha value is -1.26. The van der Waals surface area contributed by atoms with Crippen LogP contribution in [0.5, 0.6) is 5.75 Å². The van der Waals surface area contributed by atoms with Crippen LogP contribution in [0.15, 0.2) is 24.3 Å². The van der Waals surface area contributed by atoms with Crippen LogP contribution in [-0.2, 0) is 4.79 Å². The summed E-state index contributed by atoms with van der Waals surface area (Å²) in [5.41, 5.74) is 0. The fourth-order valence-corrected chi connectivity index (χ4v) is 1.38. The number of ether oxygens (including phenoxy) is 1. The molecule has 0 saturated heterocycles. The molecule has 0 aliphatic carbocycles. The summed E-state index contributed by atoms with van der Waals surface area (Å²) in [5.74, 6) is 0.267. The van der Waals surface area contributed by atoms with Gasteiger partial charge >= 0.3 is 0 Å². The van der Waals surface area contributed by atoms with Crippen LogP contribution in [-0.4, -0.2) is 29.8 Å². The molecular weight excluding hydrogens is 242 g/mol. The van der Waals surface area contributed by atoms with Gasteiger partial charge in [0.1, 0.15) is 5.75 Å². The highest BCUT2D eigenvalue weighted by atomic mass is 35.5. The molecule has 2 atom stereocenters. The van der Waals surface area contributed by atoms with Crippen molar-refractivity contribution in [1.29, 1.82) is 0 Å². The van der Waals surface area contributed by atoms with Crippen LogP contribution < -0.4 is 10.1 Å². The van der Waals surface area contributed by atoms with Crippen molar-refractivity contribution in [2.75, 3.05) is 6.61 Å². The zero-order valence-electron chi connectivity index (χ0n) is 9.81. The molecule has 1 aromatic carbocycles. The number of carbonyl (C=O) groups excluding carboxylic acids is 1. The van der Waals surface area contributed by atoms with Crippen molar-refractivity contribution >= 4 is 17.5 Å². The SMILES string of the molecule is CC(Oc1cccc(Cl)c1)C(=O)N[C@H](C)CO. The summed E-state index contributed by atoms with van der Waals surface area (Å²) in [5, 5.41) is 12.0. The third-order valence-electron chi connectivity index (χ3n) is 2.14. The summed E-state index contributed by atoms with van der Waals surface area (Å²) in [6.45, 7) is 3.25. The first-order chi connectivity index (χ1) is 8.02. The second-order valence-corrected chi connectivity index (χ2v) is 4.25. The predicted molar refractivity (Wildman–Crippen MR) is 66.2 cm³/mol. The number of benzene rings is 1. The minimum absolute atomic E-state index is 0.102. The van der Waals surface area contributed by atoms with Crippen LogP contribution in [0.4, 0.5) is 0 Å². The van der Waals surface area contributed by atoms with Crippen molar-refractivity contribution in [3.63, 3.8) is 0 Å². The lowest BCUT2D eigenvalue weighted by atomic mass is 10.3. The fourth-order valence-electron chi connectivity index (χ4n) is 1.20. The van der Waals surface area contributed by atoms with E-state index in [-0.39, 0.29) is 18.6 Å². The highest BCUT2D eigenvalue weighted by Gasteiger charge is 2.16. The molecule has 0 heterocycles. The molecule has 0 aliphatic heterocycles. The van der Waals surface area contributed by atoms with Gasteiger partial charge in [0.15, 0.2) is 6.10 Å². The Kier molecular flexibility index (Phi) is 5.25. The average molecular weight is 258 g/mol. The predicted octanol–water partition coefficient (Wildman–Crippen LogP) is 1.60. The van der Waals surface area contributed by atoms with E-state index >= 15 is 0 Å². The van der Waals surface area contributed by atoms with E-state index < -0.39 is 6.10 Å². The summed E-state index contributed by atoms with van der Waals surface area (Å²) in [4.78, 5) is 11.6. The van der Waals surface area contributed by atoms with Gasteiger partial charge in [0, 0.05) is 11.1 Å². The van der Waals surface area contributed by atoms with Crippen LogP contribution >= 0.6 is 11.6 Å². The molecule has 4 nitrogen and oxygen atoms in total. The van der Waals surface area contributed by atoms with Gasteiger partial charge in [-0.05, 0) is 32.0 Å². The topological polar surface area (TPSA) is 58.6 Å². The lowest BCUT2D eigenvalue weighted by molar-refractivity contribution is -0.128. The summed E-state index contributed by atoms with van der Waals surface area (Å²) >= 11 is 5.80. The van der Waals surface area contributed by atoms with E-state index in [1.807, 2.05) is 0 Å². The number of hydrogen-bond donors (Lipinski definition) is 2. The molecule has 2 N–H and O–H groups in total. The molecule has 0 bridgehead atoms. The molecule has 94 valence electrons. The van der Waals surface area contributed by atoms with Gasteiger partial charge in [0.2, 0.25) is 0 Å². The number of rotatable bonds is 5. The van der Waals surface area contributed by atoms with Crippen LogP contribution in [0.2, 0.25) is 5.02 Å². The number of halogens is 1. The van der Waals surface area contributed by atoms with Gasteiger partial charge in [-0.2, -0.15) is 0 Å². The first kappa shape index (κ1) is 13.8. The molecule has 0 aromatic heterocycles. The zero-order valence-corrected chi connectivity index (χ0v) is 10.6. The van der Waals surface area contributed by atoms with E-state index in [9.17, 15) is 4.79 Å². The monoisotopic (exact) mass is 257 g/mol. The Labute approximate surface area is 106 Å². The first-order valence-electron chi connectivity index (χ1n) is 5.36.